The average Bonchev–Trinajstić information content (AvgIpc) is 3.07. The molecule has 1 N–H and O–H groups in total. The normalized spacial score (nSPS) is 10.8. The molecule has 2 aromatic carbocycles. The van der Waals surface area contributed by atoms with E-state index in [1.807, 2.05) is 44.2 Å². The summed E-state index contributed by atoms with van der Waals surface area (Å²) in [5.74, 6) is 0.468. The largest absolute Gasteiger partial charge is 0.495 e. The molecule has 5 nitrogen and oxygen atoms in total. The van der Waals surface area contributed by atoms with Crippen LogP contribution >= 0.6 is 11.6 Å². The van der Waals surface area contributed by atoms with Crippen molar-refractivity contribution in [3.63, 3.8) is 0 Å². The zero-order valence-electron chi connectivity index (χ0n) is 14.9. The van der Waals surface area contributed by atoms with E-state index in [2.05, 4.69) is 10.4 Å². The highest BCUT2D eigenvalue weighted by molar-refractivity contribution is 6.30. The fraction of sp³-hybridized carbons (Fsp3) is 0.200. The van der Waals surface area contributed by atoms with Crippen LogP contribution in [0.1, 0.15) is 35.8 Å². The summed E-state index contributed by atoms with van der Waals surface area (Å²) in [4.78, 5) is 12.9. The van der Waals surface area contributed by atoms with Crippen LogP contribution in [0.15, 0.2) is 54.7 Å². The van der Waals surface area contributed by atoms with Gasteiger partial charge in [-0.3, -0.25) is 4.79 Å². The Morgan fingerprint density at radius 2 is 1.96 bits per heavy atom. The SMILES string of the molecule is COc1ccccc1NC(=O)c1cnn(-c2cccc(Cl)c2)c1C(C)C. The maximum atomic E-state index is 12.9. The summed E-state index contributed by atoms with van der Waals surface area (Å²) in [5.41, 5.74) is 2.77. The summed E-state index contributed by atoms with van der Waals surface area (Å²) < 4.78 is 7.05. The molecule has 0 bridgehead atoms. The second kappa shape index (κ2) is 7.62. The number of rotatable bonds is 5. The third-order valence-corrected chi connectivity index (χ3v) is 4.24. The number of nitrogens with one attached hydrogen (secondary N) is 1. The minimum absolute atomic E-state index is 0.0925. The van der Waals surface area contributed by atoms with Crippen LogP contribution in [0.4, 0.5) is 5.69 Å². The van der Waals surface area contributed by atoms with Crippen molar-refractivity contribution in [1.29, 1.82) is 0 Å². The summed E-state index contributed by atoms with van der Waals surface area (Å²) in [6.07, 6.45) is 1.58. The van der Waals surface area contributed by atoms with Crippen LogP contribution < -0.4 is 10.1 Å². The van der Waals surface area contributed by atoms with Gasteiger partial charge in [0.05, 0.1) is 35.9 Å². The van der Waals surface area contributed by atoms with Gasteiger partial charge in [0.15, 0.2) is 0 Å². The molecule has 0 fully saturated rings. The molecule has 134 valence electrons. The van der Waals surface area contributed by atoms with E-state index in [-0.39, 0.29) is 11.8 Å². The summed E-state index contributed by atoms with van der Waals surface area (Å²) in [7, 11) is 1.57. The Labute approximate surface area is 157 Å². The molecule has 1 aromatic heterocycles. The first-order chi connectivity index (χ1) is 12.5. The standard InChI is InChI=1S/C20H20ClN3O2/c1-13(2)19-16(12-22-24(19)15-8-6-7-14(21)11-15)20(25)23-17-9-4-5-10-18(17)26-3/h4-13H,1-3H3,(H,23,25). The fourth-order valence-electron chi connectivity index (χ4n) is 2.84. The van der Waals surface area contributed by atoms with Crippen LogP contribution in [-0.2, 0) is 0 Å². The zero-order valence-corrected chi connectivity index (χ0v) is 15.6. The Morgan fingerprint density at radius 3 is 2.65 bits per heavy atom. The predicted octanol–water partition coefficient (Wildman–Crippen LogP) is 4.91. The van der Waals surface area contributed by atoms with Crippen LogP contribution in [-0.4, -0.2) is 22.8 Å². The van der Waals surface area contributed by atoms with Gasteiger partial charge in [-0.2, -0.15) is 5.10 Å². The van der Waals surface area contributed by atoms with Crippen molar-refractivity contribution < 1.29 is 9.53 Å². The number of carbonyl (C=O) groups is 1. The highest BCUT2D eigenvalue weighted by Gasteiger charge is 2.21. The van der Waals surface area contributed by atoms with E-state index in [9.17, 15) is 4.79 Å². The molecule has 0 radical (unpaired) electrons. The van der Waals surface area contributed by atoms with Gasteiger partial charge >= 0.3 is 0 Å². The minimum Gasteiger partial charge on any atom is -0.495 e. The van der Waals surface area contributed by atoms with Crippen molar-refractivity contribution in [3.8, 4) is 11.4 Å². The van der Waals surface area contributed by atoms with E-state index in [4.69, 9.17) is 16.3 Å². The Kier molecular flexibility index (Phi) is 5.28. The highest BCUT2D eigenvalue weighted by atomic mass is 35.5. The summed E-state index contributed by atoms with van der Waals surface area (Å²) in [6, 6.07) is 14.7. The van der Waals surface area contributed by atoms with E-state index in [1.165, 1.54) is 0 Å². The average molecular weight is 370 g/mol. The number of methoxy groups -OCH3 is 1. The molecule has 0 atom stereocenters. The van der Waals surface area contributed by atoms with E-state index in [0.29, 0.717) is 22.0 Å². The van der Waals surface area contributed by atoms with Gasteiger partial charge in [0, 0.05) is 5.02 Å². The fourth-order valence-corrected chi connectivity index (χ4v) is 3.02. The first-order valence-electron chi connectivity index (χ1n) is 8.29. The minimum atomic E-state index is -0.230. The predicted molar refractivity (Wildman–Crippen MR) is 104 cm³/mol. The topological polar surface area (TPSA) is 56.1 Å². The number of carbonyl (C=O) groups excluding carboxylic acids is 1. The van der Waals surface area contributed by atoms with E-state index >= 15 is 0 Å². The van der Waals surface area contributed by atoms with Crippen LogP contribution in [0.2, 0.25) is 5.02 Å². The number of anilines is 1. The third kappa shape index (κ3) is 3.58. The van der Waals surface area contributed by atoms with Gasteiger partial charge in [0.2, 0.25) is 0 Å². The van der Waals surface area contributed by atoms with Gasteiger partial charge in [0.25, 0.3) is 5.91 Å². The molecule has 26 heavy (non-hydrogen) atoms. The lowest BCUT2D eigenvalue weighted by Gasteiger charge is -2.14. The molecule has 3 aromatic rings. The Morgan fingerprint density at radius 1 is 1.19 bits per heavy atom. The molecular formula is C20H20ClN3O2. The number of nitrogens with zero attached hydrogens (tertiary/aromatic N) is 2. The number of benzene rings is 2. The van der Waals surface area contributed by atoms with Crippen molar-refractivity contribution in [2.24, 2.45) is 0 Å². The van der Waals surface area contributed by atoms with Crippen molar-refractivity contribution in [1.82, 2.24) is 9.78 Å². The lowest BCUT2D eigenvalue weighted by Crippen LogP contribution is -2.16. The molecule has 1 amide bonds. The van der Waals surface area contributed by atoms with E-state index < -0.39 is 0 Å². The number of aromatic nitrogens is 2. The van der Waals surface area contributed by atoms with Gasteiger partial charge in [-0.25, -0.2) is 4.68 Å². The third-order valence-electron chi connectivity index (χ3n) is 4.01. The quantitative estimate of drug-likeness (QED) is 0.695. The number of hydrogen-bond acceptors (Lipinski definition) is 3. The van der Waals surface area contributed by atoms with Crippen LogP contribution in [0.25, 0.3) is 5.69 Å². The summed E-state index contributed by atoms with van der Waals surface area (Å²) in [5, 5.41) is 7.94. The zero-order chi connectivity index (χ0) is 18.7. The first-order valence-corrected chi connectivity index (χ1v) is 8.67. The summed E-state index contributed by atoms with van der Waals surface area (Å²) in [6.45, 7) is 4.05. The molecule has 0 saturated heterocycles. The molecule has 0 saturated carbocycles. The molecule has 0 aliphatic heterocycles. The maximum Gasteiger partial charge on any atom is 0.259 e. The second-order valence-electron chi connectivity index (χ2n) is 6.14. The molecule has 0 unspecified atom stereocenters. The second-order valence-corrected chi connectivity index (χ2v) is 6.58. The van der Waals surface area contributed by atoms with Gasteiger partial charge in [0.1, 0.15) is 5.75 Å². The van der Waals surface area contributed by atoms with Crippen LogP contribution in [0.5, 0.6) is 5.75 Å². The maximum absolute atomic E-state index is 12.9. The van der Waals surface area contributed by atoms with Crippen LogP contribution in [0, 0.1) is 0 Å². The Bertz CT molecular complexity index is 934. The van der Waals surface area contributed by atoms with Crippen molar-refractivity contribution >= 4 is 23.2 Å². The highest BCUT2D eigenvalue weighted by Crippen LogP contribution is 2.27. The smallest absolute Gasteiger partial charge is 0.259 e. The number of para-hydroxylation sites is 2. The lowest BCUT2D eigenvalue weighted by atomic mass is 10.0. The number of halogens is 1. The lowest BCUT2D eigenvalue weighted by molar-refractivity contribution is 0.102. The molecule has 3 rings (SSSR count). The summed E-state index contributed by atoms with van der Waals surface area (Å²) >= 11 is 6.10. The monoisotopic (exact) mass is 369 g/mol. The van der Waals surface area contributed by atoms with Crippen LogP contribution in [0.3, 0.4) is 0 Å². The van der Waals surface area contributed by atoms with E-state index in [0.717, 1.165) is 11.4 Å². The molecule has 0 aliphatic rings. The van der Waals surface area contributed by atoms with Gasteiger partial charge in [-0.05, 0) is 36.2 Å². The Hall–Kier alpha value is -2.79. The van der Waals surface area contributed by atoms with Gasteiger partial charge in [-0.15, -0.1) is 0 Å². The molecular weight excluding hydrogens is 350 g/mol. The van der Waals surface area contributed by atoms with E-state index in [1.54, 1.807) is 36.2 Å². The van der Waals surface area contributed by atoms with Gasteiger partial charge in [-0.1, -0.05) is 43.6 Å². The first kappa shape index (κ1) is 18.0. The molecule has 0 aliphatic carbocycles. The Balaban J connectivity index is 1.99. The van der Waals surface area contributed by atoms with Crippen molar-refractivity contribution in [2.45, 2.75) is 19.8 Å². The molecule has 0 spiro atoms. The van der Waals surface area contributed by atoms with Crippen molar-refractivity contribution in [3.05, 3.63) is 71.0 Å². The molecule has 1 heterocycles. The number of hydrogen-bond donors (Lipinski definition) is 1. The number of ether oxygens (including phenoxy) is 1. The number of amides is 1. The van der Waals surface area contributed by atoms with Crippen molar-refractivity contribution in [2.75, 3.05) is 12.4 Å². The van der Waals surface area contributed by atoms with Gasteiger partial charge < -0.3 is 10.1 Å². The molecule has 6 heteroatoms.